The molecule has 0 fully saturated rings. The van der Waals surface area contributed by atoms with Gasteiger partial charge in [0.1, 0.15) is 6.04 Å². The quantitative estimate of drug-likeness (QED) is 0.756. The van der Waals surface area contributed by atoms with Crippen LogP contribution in [0.5, 0.6) is 0 Å². The molecule has 0 unspecified atom stereocenters. The van der Waals surface area contributed by atoms with E-state index in [9.17, 15) is 14.4 Å². The van der Waals surface area contributed by atoms with Crippen LogP contribution < -0.4 is 5.32 Å². The van der Waals surface area contributed by atoms with Gasteiger partial charge in [0, 0.05) is 23.6 Å². The molecule has 1 aliphatic rings. The monoisotopic (exact) mass is 266 g/mol. The second kappa shape index (κ2) is 5.77. The van der Waals surface area contributed by atoms with Crippen molar-refractivity contribution < 1.29 is 19.1 Å². The van der Waals surface area contributed by atoms with Crippen molar-refractivity contribution in [3.05, 3.63) is 11.6 Å². The van der Waals surface area contributed by atoms with Gasteiger partial charge in [-0.2, -0.15) is 0 Å². The third-order valence-corrected chi connectivity index (χ3v) is 2.64. The van der Waals surface area contributed by atoms with Gasteiger partial charge in [0.05, 0.1) is 7.11 Å². The van der Waals surface area contributed by atoms with Crippen LogP contribution in [0.15, 0.2) is 16.6 Å². The summed E-state index contributed by atoms with van der Waals surface area (Å²) < 4.78 is 4.64. The molecular weight excluding hydrogens is 248 g/mol. The van der Waals surface area contributed by atoms with Crippen LogP contribution in [0.1, 0.15) is 27.2 Å². The smallest absolute Gasteiger partial charge is 0.328 e. The Hall–Kier alpha value is -1.98. The first kappa shape index (κ1) is 15.1. The maximum Gasteiger partial charge on any atom is 0.328 e. The van der Waals surface area contributed by atoms with E-state index in [0.29, 0.717) is 5.57 Å². The average Bonchev–Trinajstić information content (AvgIpc) is 2.71. The maximum atomic E-state index is 11.9. The molecule has 0 spiro atoms. The van der Waals surface area contributed by atoms with Crippen LogP contribution in [0.3, 0.4) is 0 Å². The van der Waals surface area contributed by atoms with E-state index in [-0.39, 0.29) is 18.2 Å². The minimum absolute atomic E-state index is 0.0767. The van der Waals surface area contributed by atoms with Crippen LogP contribution in [0.25, 0.3) is 0 Å². The number of carbonyl (C=O) groups is 3. The molecular formula is C13H18N2O4. The first-order valence-corrected chi connectivity index (χ1v) is 5.92. The molecule has 1 rings (SSSR count). The number of ether oxygens (including phenoxy) is 1. The number of methoxy groups -OCH3 is 1. The Morgan fingerprint density at radius 1 is 1.42 bits per heavy atom. The van der Waals surface area contributed by atoms with Crippen LogP contribution in [-0.4, -0.2) is 37.1 Å². The number of rotatable bonds is 4. The van der Waals surface area contributed by atoms with Crippen LogP contribution in [0, 0.1) is 5.41 Å². The third kappa shape index (κ3) is 4.01. The zero-order valence-electron chi connectivity index (χ0n) is 11.5. The average molecular weight is 266 g/mol. The van der Waals surface area contributed by atoms with E-state index in [1.807, 2.05) is 0 Å². The van der Waals surface area contributed by atoms with Gasteiger partial charge in [-0.3, -0.25) is 9.59 Å². The normalized spacial score (nSPS) is 16.0. The van der Waals surface area contributed by atoms with Crippen LogP contribution in [0.4, 0.5) is 0 Å². The highest BCUT2D eigenvalue weighted by atomic mass is 16.5. The lowest BCUT2D eigenvalue weighted by molar-refractivity contribution is -0.146. The Balaban J connectivity index is 2.76. The van der Waals surface area contributed by atoms with Gasteiger partial charge in [-0.15, -0.1) is 0 Å². The fourth-order valence-electron chi connectivity index (χ4n) is 1.43. The Bertz CT molecular complexity index is 458. The molecule has 0 aliphatic carbocycles. The zero-order valence-corrected chi connectivity index (χ0v) is 11.5. The lowest BCUT2D eigenvalue weighted by Gasteiger charge is -2.22. The number of aliphatic imine (C=N–C) groups is 1. The molecule has 19 heavy (non-hydrogen) atoms. The van der Waals surface area contributed by atoms with E-state index in [0.717, 1.165) is 0 Å². The maximum absolute atomic E-state index is 11.9. The first-order valence-electron chi connectivity index (χ1n) is 5.92. The van der Waals surface area contributed by atoms with Crippen molar-refractivity contribution in [3.8, 4) is 0 Å². The number of carbonyl (C=O) groups excluding carboxylic acids is 3. The third-order valence-electron chi connectivity index (χ3n) is 2.64. The minimum atomic E-state index is -0.881. The molecule has 0 saturated heterocycles. The number of allylic oxidation sites excluding steroid dienone is 1. The van der Waals surface area contributed by atoms with Crippen molar-refractivity contribution in [2.45, 2.75) is 33.2 Å². The fourth-order valence-corrected chi connectivity index (χ4v) is 1.43. The molecule has 0 saturated carbocycles. The summed E-state index contributed by atoms with van der Waals surface area (Å²) in [5, 5.41) is 2.59. The molecule has 6 nitrogen and oxygen atoms in total. The number of amides is 2. The Labute approximate surface area is 111 Å². The summed E-state index contributed by atoms with van der Waals surface area (Å²) in [5.41, 5.74) is -0.249. The van der Waals surface area contributed by atoms with E-state index < -0.39 is 17.4 Å². The molecule has 1 N–H and O–H groups in total. The predicted molar refractivity (Wildman–Crippen MR) is 69.6 cm³/mol. The topological polar surface area (TPSA) is 84.8 Å². The number of nitrogens with one attached hydrogen (secondary N) is 1. The van der Waals surface area contributed by atoms with Gasteiger partial charge in [-0.05, 0) is 6.08 Å². The SMILES string of the molecule is COC(=O)[C@H](CC1=CC=NC1=O)NC(=O)C(C)(C)C. The Morgan fingerprint density at radius 2 is 2.05 bits per heavy atom. The minimum Gasteiger partial charge on any atom is -0.467 e. The van der Waals surface area contributed by atoms with Gasteiger partial charge >= 0.3 is 5.97 Å². The molecule has 0 aromatic heterocycles. The second-order valence-corrected chi connectivity index (χ2v) is 5.28. The number of hydrogen-bond donors (Lipinski definition) is 1. The molecule has 0 radical (unpaired) electrons. The highest BCUT2D eigenvalue weighted by molar-refractivity contribution is 6.08. The van der Waals surface area contributed by atoms with E-state index >= 15 is 0 Å². The van der Waals surface area contributed by atoms with Gasteiger partial charge in [0.15, 0.2) is 0 Å². The molecule has 0 bridgehead atoms. The van der Waals surface area contributed by atoms with Gasteiger partial charge in [-0.1, -0.05) is 20.8 Å². The van der Waals surface area contributed by atoms with E-state index in [1.54, 1.807) is 20.8 Å². The van der Waals surface area contributed by atoms with Crippen molar-refractivity contribution in [2.75, 3.05) is 7.11 Å². The number of hydrogen-bond acceptors (Lipinski definition) is 4. The van der Waals surface area contributed by atoms with Crippen molar-refractivity contribution in [2.24, 2.45) is 10.4 Å². The highest BCUT2D eigenvalue weighted by Crippen LogP contribution is 2.16. The largest absolute Gasteiger partial charge is 0.467 e. The standard InChI is InChI=1S/C13H18N2O4/c1-13(2,3)12(18)15-9(11(17)19-4)7-8-5-6-14-10(8)16/h5-6,9H,7H2,1-4H3,(H,15,18)/t9-/m0/s1. The van der Waals surface area contributed by atoms with Gasteiger partial charge in [-0.25, -0.2) is 9.79 Å². The van der Waals surface area contributed by atoms with Crippen LogP contribution in [0.2, 0.25) is 0 Å². The van der Waals surface area contributed by atoms with Crippen molar-refractivity contribution >= 4 is 24.0 Å². The summed E-state index contributed by atoms with van der Waals surface area (Å²) >= 11 is 0. The summed E-state index contributed by atoms with van der Waals surface area (Å²) in [5.74, 6) is -1.26. The Morgan fingerprint density at radius 3 is 2.47 bits per heavy atom. The number of nitrogens with zero attached hydrogens (tertiary/aromatic N) is 1. The van der Waals surface area contributed by atoms with E-state index in [1.165, 1.54) is 19.4 Å². The van der Waals surface area contributed by atoms with Crippen molar-refractivity contribution in [1.29, 1.82) is 0 Å². The first-order chi connectivity index (χ1) is 8.75. The molecule has 1 aliphatic heterocycles. The Kier molecular flexibility index (Phi) is 4.58. The van der Waals surface area contributed by atoms with Crippen molar-refractivity contribution in [3.63, 3.8) is 0 Å². The second-order valence-electron chi connectivity index (χ2n) is 5.28. The molecule has 1 heterocycles. The van der Waals surface area contributed by atoms with Gasteiger partial charge in [0.25, 0.3) is 5.91 Å². The molecule has 1 atom stereocenters. The van der Waals surface area contributed by atoms with Crippen molar-refractivity contribution in [1.82, 2.24) is 5.32 Å². The summed E-state index contributed by atoms with van der Waals surface area (Å²) in [6, 6.07) is -0.881. The fraction of sp³-hybridized carbons (Fsp3) is 0.538. The molecule has 6 heteroatoms. The summed E-state index contributed by atoms with van der Waals surface area (Å²) in [6.07, 6.45) is 2.98. The van der Waals surface area contributed by atoms with E-state index in [2.05, 4.69) is 15.0 Å². The van der Waals surface area contributed by atoms with Crippen LogP contribution >= 0.6 is 0 Å². The summed E-state index contributed by atoms with van der Waals surface area (Å²) in [6.45, 7) is 5.21. The molecule has 0 aromatic rings. The van der Waals surface area contributed by atoms with Crippen LogP contribution in [-0.2, 0) is 19.1 Å². The molecule has 2 amide bonds. The number of esters is 1. The summed E-state index contributed by atoms with van der Waals surface area (Å²) in [4.78, 5) is 38.5. The van der Waals surface area contributed by atoms with Gasteiger partial charge < -0.3 is 10.1 Å². The molecule has 104 valence electrons. The predicted octanol–water partition coefficient (Wildman–Crippen LogP) is 0.618. The molecule has 0 aromatic carbocycles. The highest BCUT2D eigenvalue weighted by Gasteiger charge is 2.30. The van der Waals surface area contributed by atoms with E-state index in [4.69, 9.17) is 0 Å². The lowest BCUT2D eigenvalue weighted by atomic mass is 9.94. The zero-order chi connectivity index (χ0) is 14.6. The van der Waals surface area contributed by atoms with Gasteiger partial charge in [0.2, 0.25) is 5.91 Å². The summed E-state index contributed by atoms with van der Waals surface area (Å²) in [7, 11) is 1.24. The lowest BCUT2D eigenvalue weighted by Crippen LogP contribution is -2.46.